The number of benzene rings is 2. The largest absolute Gasteiger partial charge is 0.423 e. The van der Waals surface area contributed by atoms with Crippen molar-refractivity contribution in [3.63, 3.8) is 0 Å². The molecule has 3 aliphatic rings. The topological polar surface area (TPSA) is 45.0 Å². The van der Waals surface area contributed by atoms with E-state index in [1.807, 2.05) is 6.07 Å². The third-order valence-electron chi connectivity index (χ3n) is 9.45. The predicted octanol–water partition coefficient (Wildman–Crippen LogP) is 6.49. The molecule has 2 aliphatic heterocycles. The molecule has 3 aromatic rings. The standard InChI is InChI=1S/C34H45FN4O2/c1-37(2)31(28-11-8-12-29(35)24-28)26-13-15-27(16-14-26)32(38-19-21-40-22-20-38)33-36-30(23-25-9-4-3-5-10-25)34(41-33)39-17-6-7-18-39/h3-5,8-12,24,26-27,31-32H,6-7,13-23H2,1-2H3. The zero-order valence-electron chi connectivity index (χ0n) is 24.7. The normalized spacial score (nSPS) is 23.7. The monoisotopic (exact) mass is 560 g/mol. The Morgan fingerprint density at radius 3 is 2.29 bits per heavy atom. The van der Waals surface area contributed by atoms with Crippen molar-refractivity contribution in [1.29, 1.82) is 0 Å². The van der Waals surface area contributed by atoms with Crippen LogP contribution in [-0.4, -0.2) is 68.3 Å². The first kappa shape index (κ1) is 28.4. The van der Waals surface area contributed by atoms with Gasteiger partial charge in [-0.15, -0.1) is 0 Å². The number of ether oxygens (including phenoxy) is 1. The quantitative estimate of drug-likeness (QED) is 0.298. The number of oxazole rings is 1. The van der Waals surface area contributed by atoms with Crippen LogP contribution < -0.4 is 4.90 Å². The minimum absolute atomic E-state index is 0.151. The summed E-state index contributed by atoms with van der Waals surface area (Å²) in [7, 11) is 4.25. The van der Waals surface area contributed by atoms with E-state index in [2.05, 4.69) is 65.2 Å². The van der Waals surface area contributed by atoms with Gasteiger partial charge in [-0.1, -0.05) is 42.5 Å². The van der Waals surface area contributed by atoms with E-state index in [-0.39, 0.29) is 17.9 Å². The highest BCUT2D eigenvalue weighted by Crippen LogP contribution is 2.46. The maximum atomic E-state index is 14.1. The lowest BCUT2D eigenvalue weighted by molar-refractivity contribution is -0.0151. The lowest BCUT2D eigenvalue weighted by atomic mass is 9.73. The zero-order chi connectivity index (χ0) is 28.2. The molecule has 1 aliphatic carbocycles. The van der Waals surface area contributed by atoms with Crippen molar-refractivity contribution in [3.05, 3.63) is 83.1 Å². The molecule has 7 heteroatoms. The lowest BCUT2D eigenvalue weighted by Gasteiger charge is -2.42. The molecule has 3 heterocycles. The van der Waals surface area contributed by atoms with Crippen LogP contribution in [0.5, 0.6) is 0 Å². The first-order valence-electron chi connectivity index (χ1n) is 15.6. The third kappa shape index (κ3) is 6.52. The molecule has 0 spiro atoms. The molecule has 6 rings (SSSR count). The summed E-state index contributed by atoms with van der Waals surface area (Å²) >= 11 is 0. The number of anilines is 1. The molecule has 2 aromatic carbocycles. The molecule has 0 amide bonds. The number of halogens is 1. The van der Waals surface area contributed by atoms with Crippen molar-refractivity contribution in [1.82, 2.24) is 14.8 Å². The summed E-state index contributed by atoms with van der Waals surface area (Å²) in [6.07, 6.45) is 7.65. The van der Waals surface area contributed by atoms with Gasteiger partial charge in [0.05, 0.1) is 19.3 Å². The van der Waals surface area contributed by atoms with Gasteiger partial charge in [-0.05, 0) is 87.7 Å². The van der Waals surface area contributed by atoms with Crippen LogP contribution in [0.15, 0.2) is 59.0 Å². The maximum Gasteiger partial charge on any atom is 0.219 e. The Morgan fingerprint density at radius 2 is 1.61 bits per heavy atom. The second-order valence-corrected chi connectivity index (χ2v) is 12.4. The lowest BCUT2D eigenvalue weighted by Crippen LogP contribution is -2.43. The van der Waals surface area contributed by atoms with Crippen LogP contribution in [-0.2, 0) is 11.2 Å². The van der Waals surface area contributed by atoms with Crippen LogP contribution in [0.2, 0.25) is 0 Å². The molecular formula is C34H45FN4O2. The van der Waals surface area contributed by atoms with E-state index in [1.54, 1.807) is 12.1 Å². The molecule has 2 atom stereocenters. The van der Waals surface area contributed by atoms with Gasteiger partial charge < -0.3 is 19.0 Å². The van der Waals surface area contributed by atoms with E-state index >= 15 is 0 Å². The number of hydrogen-bond acceptors (Lipinski definition) is 6. The molecule has 1 aromatic heterocycles. The average molecular weight is 561 g/mol. The summed E-state index contributed by atoms with van der Waals surface area (Å²) in [6, 6.07) is 18.2. The highest BCUT2D eigenvalue weighted by atomic mass is 19.1. The summed E-state index contributed by atoms with van der Waals surface area (Å²) in [6.45, 7) is 5.40. The number of nitrogens with zero attached hydrogens (tertiary/aromatic N) is 4. The van der Waals surface area contributed by atoms with Crippen LogP contribution >= 0.6 is 0 Å². The van der Waals surface area contributed by atoms with Crippen LogP contribution in [0, 0.1) is 17.7 Å². The van der Waals surface area contributed by atoms with Crippen molar-refractivity contribution < 1.29 is 13.5 Å². The first-order chi connectivity index (χ1) is 20.1. The second kappa shape index (κ2) is 13.1. The molecule has 0 bridgehead atoms. The molecule has 3 fully saturated rings. The SMILES string of the molecule is CN(C)C(c1cccc(F)c1)C1CCC(C(c2nc(Cc3ccccc3)c(N3CCCC3)o2)N2CCOCC2)CC1. The fourth-order valence-electron chi connectivity index (χ4n) is 7.53. The Morgan fingerprint density at radius 1 is 0.902 bits per heavy atom. The number of hydrogen-bond donors (Lipinski definition) is 0. The Labute approximate surface area is 244 Å². The minimum Gasteiger partial charge on any atom is -0.423 e. The average Bonchev–Trinajstić information content (AvgIpc) is 3.66. The smallest absolute Gasteiger partial charge is 0.219 e. The molecule has 220 valence electrons. The summed E-state index contributed by atoms with van der Waals surface area (Å²) in [5.41, 5.74) is 3.42. The van der Waals surface area contributed by atoms with Crippen LogP contribution in [0.1, 0.15) is 73.3 Å². The van der Waals surface area contributed by atoms with E-state index in [9.17, 15) is 4.39 Å². The van der Waals surface area contributed by atoms with Crippen LogP contribution in [0.25, 0.3) is 0 Å². The molecule has 0 N–H and O–H groups in total. The first-order valence-corrected chi connectivity index (χ1v) is 15.6. The Balaban J connectivity index is 1.26. The predicted molar refractivity (Wildman–Crippen MR) is 161 cm³/mol. The molecule has 0 radical (unpaired) electrons. The van der Waals surface area contributed by atoms with E-state index in [0.29, 0.717) is 11.8 Å². The van der Waals surface area contributed by atoms with Crippen molar-refractivity contribution in [3.8, 4) is 0 Å². The van der Waals surface area contributed by atoms with E-state index in [0.717, 1.165) is 94.5 Å². The Hall–Kier alpha value is -2.74. The van der Waals surface area contributed by atoms with Gasteiger partial charge in [0.15, 0.2) is 0 Å². The number of morpholine rings is 1. The van der Waals surface area contributed by atoms with Gasteiger partial charge in [-0.3, -0.25) is 4.90 Å². The highest BCUT2D eigenvalue weighted by molar-refractivity contribution is 5.44. The number of rotatable bonds is 9. The summed E-state index contributed by atoms with van der Waals surface area (Å²) in [5, 5.41) is 0. The Kier molecular flexibility index (Phi) is 9.04. The van der Waals surface area contributed by atoms with Crippen molar-refractivity contribution in [2.45, 2.75) is 57.0 Å². The molecule has 2 saturated heterocycles. The molecule has 1 saturated carbocycles. The zero-order valence-corrected chi connectivity index (χ0v) is 24.7. The summed E-state index contributed by atoms with van der Waals surface area (Å²) < 4.78 is 26.7. The van der Waals surface area contributed by atoms with E-state index < -0.39 is 0 Å². The van der Waals surface area contributed by atoms with Crippen molar-refractivity contribution in [2.75, 3.05) is 58.4 Å². The van der Waals surface area contributed by atoms with Crippen LogP contribution in [0.3, 0.4) is 0 Å². The van der Waals surface area contributed by atoms with Gasteiger partial charge in [-0.25, -0.2) is 9.37 Å². The van der Waals surface area contributed by atoms with Crippen molar-refractivity contribution >= 4 is 5.88 Å². The van der Waals surface area contributed by atoms with Gasteiger partial charge in [0.2, 0.25) is 11.8 Å². The minimum atomic E-state index is -0.153. The van der Waals surface area contributed by atoms with Gasteiger partial charge in [-0.2, -0.15) is 0 Å². The third-order valence-corrected chi connectivity index (χ3v) is 9.45. The van der Waals surface area contributed by atoms with Gasteiger partial charge in [0.25, 0.3) is 0 Å². The second-order valence-electron chi connectivity index (χ2n) is 12.4. The maximum absolute atomic E-state index is 14.1. The van der Waals surface area contributed by atoms with E-state index in [1.165, 1.54) is 18.4 Å². The van der Waals surface area contributed by atoms with Crippen molar-refractivity contribution in [2.24, 2.45) is 11.8 Å². The molecule has 6 nitrogen and oxygen atoms in total. The Bertz CT molecular complexity index is 1240. The van der Waals surface area contributed by atoms with Gasteiger partial charge in [0.1, 0.15) is 11.5 Å². The fraction of sp³-hybridized carbons (Fsp3) is 0.559. The molecular weight excluding hydrogens is 515 g/mol. The van der Waals surface area contributed by atoms with Gasteiger partial charge >= 0.3 is 0 Å². The summed E-state index contributed by atoms with van der Waals surface area (Å²) in [4.78, 5) is 12.5. The molecule has 2 unspecified atom stereocenters. The van der Waals surface area contributed by atoms with E-state index in [4.69, 9.17) is 14.1 Å². The number of aromatic nitrogens is 1. The fourth-order valence-corrected chi connectivity index (χ4v) is 7.53. The molecule has 41 heavy (non-hydrogen) atoms. The van der Waals surface area contributed by atoms with Crippen LogP contribution in [0.4, 0.5) is 10.3 Å². The summed E-state index contributed by atoms with van der Waals surface area (Å²) in [5.74, 6) is 2.67. The highest BCUT2D eigenvalue weighted by Gasteiger charge is 2.39. The van der Waals surface area contributed by atoms with Gasteiger partial charge in [0, 0.05) is 38.6 Å².